The number of hydrogen-bond donors (Lipinski definition) is 3. The number of urea groups is 1. The Morgan fingerprint density at radius 1 is 1.42 bits per heavy atom. The fraction of sp³-hybridized carbons (Fsp3) is 0.500. The molecule has 1 unspecified atom stereocenters. The molecule has 1 rings (SSSR count). The maximum atomic E-state index is 11.8. The van der Waals surface area contributed by atoms with E-state index in [9.17, 15) is 9.90 Å². The molecular weight excluding hydrogens is 260 g/mol. The number of carbonyl (C=O) groups excluding carboxylic acids is 1. The minimum absolute atomic E-state index is 0.227. The summed E-state index contributed by atoms with van der Waals surface area (Å²) >= 11 is 1.55. The van der Waals surface area contributed by atoms with Crippen molar-refractivity contribution in [2.45, 2.75) is 26.4 Å². The van der Waals surface area contributed by atoms with Crippen molar-refractivity contribution in [3.8, 4) is 0 Å². The molecule has 0 aliphatic heterocycles. The number of amides is 2. The lowest BCUT2D eigenvalue weighted by molar-refractivity contribution is 0.0876. The molecule has 0 fully saturated rings. The first-order valence-corrected chi connectivity index (χ1v) is 7.57. The Labute approximate surface area is 119 Å². The molecule has 0 bridgehead atoms. The molecule has 106 valence electrons. The number of carbonyl (C=O) groups is 1. The summed E-state index contributed by atoms with van der Waals surface area (Å²) < 4.78 is 0. The van der Waals surface area contributed by atoms with Crippen LogP contribution < -0.4 is 10.6 Å². The first-order valence-electron chi connectivity index (χ1n) is 6.18. The highest BCUT2D eigenvalue weighted by atomic mass is 32.2. The molecule has 0 aromatic heterocycles. The minimum atomic E-state index is -0.890. The predicted octanol–water partition coefficient (Wildman–Crippen LogP) is 2.54. The van der Waals surface area contributed by atoms with Crippen LogP contribution in [0.4, 0.5) is 10.5 Å². The van der Waals surface area contributed by atoms with Crippen LogP contribution >= 0.6 is 11.8 Å². The van der Waals surface area contributed by atoms with Gasteiger partial charge in [-0.15, -0.1) is 0 Å². The zero-order valence-electron chi connectivity index (χ0n) is 11.9. The molecule has 5 heteroatoms. The summed E-state index contributed by atoms with van der Waals surface area (Å²) in [6.45, 7) is 5.91. The average molecular weight is 282 g/mol. The van der Waals surface area contributed by atoms with Gasteiger partial charge in [-0.25, -0.2) is 4.79 Å². The number of aryl methyl sites for hydroxylation is 1. The fourth-order valence-corrected chi connectivity index (χ4v) is 2.41. The third-order valence-corrected chi connectivity index (χ3v) is 3.85. The second-order valence-electron chi connectivity index (χ2n) is 4.99. The molecule has 0 aliphatic carbocycles. The lowest BCUT2D eigenvalue weighted by Gasteiger charge is -2.22. The van der Waals surface area contributed by atoms with Crippen LogP contribution in [-0.4, -0.2) is 35.3 Å². The molecule has 0 heterocycles. The van der Waals surface area contributed by atoms with Crippen molar-refractivity contribution in [3.05, 3.63) is 29.3 Å². The first kappa shape index (κ1) is 15.9. The molecule has 1 aromatic rings. The first-order chi connectivity index (χ1) is 8.85. The number of hydrogen-bond acceptors (Lipinski definition) is 3. The summed E-state index contributed by atoms with van der Waals surface area (Å²) in [6.07, 6.45) is 1.92. The standard InChI is InChI=1S/C14H22N2O2S/c1-10-6-5-7-12(11(10)2)16-13(17)15-8-14(3,18)9-19-4/h5-7,18H,8-9H2,1-4H3,(H2,15,16,17). The van der Waals surface area contributed by atoms with Crippen LogP contribution in [0, 0.1) is 13.8 Å². The van der Waals surface area contributed by atoms with Gasteiger partial charge in [-0.3, -0.25) is 0 Å². The van der Waals surface area contributed by atoms with Gasteiger partial charge in [0.1, 0.15) is 0 Å². The number of rotatable bonds is 5. The number of nitrogens with one attached hydrogen (secondary N) is 2. The summed E-state index contributed by atoms with van der Waals surface area (Å²) in [4.78, 5) is 11.8. The van der Waals surface area contributed by atoms with Gasteiger partial charge in [-0.05, 0) is 44.2 Å². The van der Waals surface area contributed by atoms with Gasteiger partial charge in [0.25, 0.3) is 0 Å². The number of anilines is 1. The molecule has 0 aliphatic rings. The molecule has 19 heavy (non-hydrogen) atoms. The Bertz CT molecular complexity index is 447. The van der Waals surface area contributed by atoms with Gasteiger partial charge in [-0.1, -0.05) is 12.1 Å². The van der Waals surface area contributed by atoms with Gasteiger partial charge in [0.05, 0.1) is 5.60 Å². The SMILES string of the molecule is CSCC(C)(O)CNC(=O)Nc1cccc(C)c1C. The summed E-state index contributed by atoms with van der Waals surface area (Å²) in [6, 6.07) is 5.47. The van der Waals surface area contributed by atoms with Crippen LogP contribution in [0.15, 0.2) is 18.2 Å². The Morgan fingerprint density at radius 3 is 2.74 bits per heavy atom. The lowest BCUT2D eigenvalue weighted by Crippen LogP contribution is -2.44. The number of benzene rings is 1. The van der Waals surface area contributed by atoms with Crippen LogP contribution in [0.1, 0.15) is 18.1 Å². The van der Waals surface area contributed by atoms with Crippen LogP contribution in [0.25, 0.3) is 0 Å². The highest BCUT2D eigenvalue weighted by Crippen LogP contribution is 2.17. The van der Waals surface area contributed by atoms with Crippen molar-refractivity contribution in [1.29, 1.82) is 0 Å². The van der Waals surface area contributed by atoms with E-state index in [0.29, 0.717) is 5.75 Å². The Balaban J connectivity index is 2.54. The van der Waals surface area contributed by atoms with Gasteiger partial charge < -0.3 is 15.7 Å². The van der Waals surface area contributed by atoms with Crippen molar-refractivity contribution in [1.82, 2.24) is 5.32 Å². The topological polar surface area (TPSA) is 61.4 Å². The van der Waals surface area contributed by atoms with E-state index in [1.807, 2.05) is 38.3 Å². The summed E-state index contributed by atoms with van der Waals surface area (Å²) in [7, 11) is 0. The second-order valence-corrected chi connectivity index (χ2v) is 5.85. The third-order valence-electron chi connectivity index (χ3n) is 2.94. The monoisotopic (exact) mass is 282 g/mol. The van der Waals surface area contributed by atoms with E-state index in [1.165, 1.54) is 0 Å². The van der Waals surface area contributed by atoms with E-state index in [2.05, 4.69) is 10.6 Å². The Hall–Kier alpha value is -1.20. The van der Waals surface area contributed by atoms with Crippen molar-refractivity contribution in [2.75, 3.05) is 23.9 Å². The molecule has 1 atom stereocenters. The largest absolute Gasteiger partial charge is 0.387 e. The Kier molecular flexibility index (Phi) is 5.69. The predicted molar refractivity (Wildman–Crippen MR) is 81.9 cm³/mol. The minimum Gasteiger partial charge on any atom is -0.387 e. The van der Waals surface area contributed by atoms with E-state index in [-0.39, 0.29) is 12.6 Å². The van der Waals surface area contributed by atoms with Crippen LogP contribution in [0.3, 0.4) is 0 Å². The quantitative estimate of drug-likeness (QED) is 0.778. The van der Waals surface area contributed by atoms with Gasteiger partial charge in [0.15, 0.2) is 0 Å². The molecule has 2 amide bonds. The van der Waals surface area contributed by atoms with E-state index in [1.54, 1.807) is 18.7 Å². The molecule has 3 N–H and O–H groups in total. The van der Waals surface area contributed by atoms with E-state index in [0.717, 1.165) is 16.8 Å². The normalized spacial score (nSPS) is 13.7. The van der Waals surface area contributed by atoms with E-state index < -0.39 is 5.60 Å². The molecule has 0 spiro atoms. The highest BCUT2D eigenvalue weighted by Gasteiger charge is 2.20. The third kappa shape index (κ3) is 5.12. The second kappa shape index (κ2) is 6.82. The maximum Gasteiger partial charge on any atom is 0.319 e. The van der Waals surface area contributed by atoms with Crippen molar-refractivity contribution in [3.63, 3.8) is 0 Å². The van der Waals surface area contributed by atoms with Gasteiger partial charge in [0.2, 0.25) is 0 Å². The highest BCUT2D eigenvalue weighted by molar-refractivity contribution is 7.98. The van der Waals surface area contributed by atoms with Gasteiger partial charge >= 0.3 is 6.03 Å². The van der Waals surface area contributed by atoms with E-state index in [4.69, 9.17) is 0 Å². The zero-order valence-corrected chi connectivity index (χ0v) is 12.7. The zero-order chi connectivity index (χ0) is 14.5. The fourth-order valence-electron chi connectivity index (χ4n) is 1.69. The summed E-state index contributed by atoms with van der Waals surface area (Å²) in [5.74, 6) is 0.580. The van der Waals surface area contributed by atoms with Crippen LogP contribution in [0.5, 0.6) is 0 Å². The number of aliphatic hydroxyl groups is 1. The molecule has 0 saturated carbocycles. The number of thioether (sulfide) groups is 1. The van der Waals surface area contributed by atoms with Gasteiger partial charge in [-0.2, -0.15) is 11.8 Å². The molecule has 4 nitrogen and oxygen atoms in total. The Morgan fingerprint density at radius 2 is 2.11 bits per heavy atom. The van der Waals surface area contributed by atoms with Gasteiger partial charge in [0, 0.05) is 18.0 Å². The molecule has 1 aromatic carbocycles. The van der Waals surface area contributed by atoms with Crippen LogP contribution in [-0.2, 0) is 0 Å². The summed E-state index contributed by atoms with van der Waals surface area (Å²) in [5, 5.41) is 15.5. The maximum absolute atomic E-state index is 11.8. The van der Waals surface area contributed by atoms with E-state index >= 15 is 0 Å². The molecule has 0 radical (unpaired) electrons. The van der Waals surface area contributed by atoms with Crippen molar-refractivity contribution in [2.24, 2.45) is 0 Å². The molecule has 0 saturated heterocycles. The van der Waals surface area contributed by atoms with Crippen LogP contribution in [0.2, 0.25) is 0 Å². The average Bonchev–Trinajstić information content (AvgIpc) is 2.33. The summed E-state index contributed by atoms with van der Waals surface area (Å²) in [5.41, 5.74) is 2.08. The van der Waals surface area contributed by atoms with Crippen molar-refractivity contribution >= 4 is 23.5 Å². The lowest BCUT2D eigenvalue weighted by atomic mass is 10.1. The van der Waals surface area contributed by atoms with Crippen molar-refractivity contribution < 1.29 is 9.90 Å². The molecular formula is C14H22N2O2S. The smallest absolute Gasteiger partial charge is 0.319 e.